The van der Waals surface area contributed by atoms with Crippen LogP contribution in [0.1, 0.15) is 19.4 Å². The third-order valence-corrected chi connectivity index (χ3v) is 1.82. The van der Waals surface area contributed by atoms with Gasteiger partial charge in [0.05, 0.1) is 0 Å². The van der Waals surface area contributed by atoms with Crippen molar-refractivity contribution in [1.82, 2.24) is 4.98 Å². The van der Waals surface area contributed by atoms with Crippen molar-refractivity contribution in [2.45, 2.75) is 20.8 Å². The van der Waals surface area contributed by atoms with Gasteiger partial charge in [-0.25, -0.2) is 0 Å². The van der Waals surface area contributed by atoms with Gasteiger partial charge in [0.25, 0.3) is 0 Å². The molecule has 0 saturated carbocycles. The van der Waals surface area contributed by atoms with E-state index in [2.05, 4.69) is 37.1 Å². The van der Waals surface area contributed by atoms with Crippen LogP contribution in [0.15, 0.2) is 30.1 Å². The quantitative estimate of drug-likeness (QED) is 0.716. The summed E-state index contributed by atoms with van der Waals surface area (Å²) in [4.78, 5) is 4.03. The molecule has 2 nitrogen and oxygen atoms in total. The number of allylic oxidation sites excluding steroid dienone is 1. The van der Waals surface area contributed by atoms with Crippen LogP contribution >= 0.6 is 0 Å². The van der Waals surface area contributed by atoms with Gasteiger partial charge >= 0.3 is 0 Å². The van der Waals surface area contributed by atoms with Crippen LogP contribution in [0.25, 0.3) is 0 Å². The number of aromatic nitrogens is 1. The predicted octanol–water partition coefficient (Wildman–Crippen LogP) is 2.77. The van der Waals surface area contributed by atoms with Crippen molar-refractivity contribution in [3.8, 4) is 0 Å². The highest BCUT2D eigenvalue weighted by Gasteiger charge is 1.93. The zero-order valence-corrected chi connectivity index (χ0v) is 8.46. The number of pyridine rings is 1. The van der Waals surface area contributed by atoms with E-state index in [0.29, 0.717) is 0 Å². The number of hydrogen-bond donors (Lipinski definition) is 1. The van der Waals surface area contributed by atoms with Crippen molar-refractivity contribution < 1.29 is 0 Å². The molecule has 0 saturated heterocycles. The molecule has 0 amide bonds. The molecular formula is C11H16N2. The third-order valence-electron chi connectivity index (χ3n) is 1.82. The van der Waals surface area contributed by atoms with Gasteiger partial charge in [0.2, 0.25) is 0 Å². The number of aryl methyl sites for hydroxylation is 1. The highest BCUT2D eigenvalue weighted by Crippen LogP contribution is 2.10. The number of anilines is 1. The van der Waals surface area contributed by atoms with E-state index in [1.54, 1.807) is 6.20 Å². The first-order chi connectivity index (χ1) is 6.20. The molecule has 0 aromatic carbocycles. The van der Waals surface area contributed by atoms with E-state index in [-0.39, 0.29) is 0 Å². The smallest absolute Gasteiger partial charge is 0.0403 e. The Bertz CT molecular complexity index is 299. The van der Waals surface area contributed by atoms with Crippen LogP contribution in [0.4, 0.5) is 5.69 Å². The van der Waals surface area contributed by atoms with E-state index in [9.17, 15) is 0 Å². The first-order valence-corrected chi connectivity index (χ1v) is 4.48. The lowest BCUT2D eigenvalue weighted by Gasteiger charge is -2.05. The molecule has 0 aliphatic rings. The molecule has 13 heavy (non-hydrogen) atoms. The molecule has 0 atom stereocenters. The maximum absolute atomic E-state index is 4.03. The summed E-state index contributed by atoms with van der Waals surface area (Å²) in [6.07, 6.45) is 5.84. The van der Waals surface area contributed by atoms with Crippen LogP contribution in [0.2, 0.25) is 0 Å². The molecule has 1 aromatic rings. The Kier molecular flexibility index (Phi) is 3.50. The van der Waals surface area contributed by atoms with E-state index in [4.69, 9.17) is 0 Å². The fourth-order valence-electron chi connectivity index (χ4n) is 1.04. The number of hydrogen-bond acceptors (Lipinski definition) is 2. The fraction of sp³-hybridized carbons (Fsp3) is 0.364. The SMILES string of the molecule is CC(C)=CCNc1ccncc1C. The van der Waals surface area contributed by atoms with Crippen LogP contribution in [0.3, 0.4) is 0 Å². The Morgan fingerprint density at radius 2 is 2.31 bits per heavy atom. The van der Waals surface area contributed by atoms with Gasteiger partial charge in [0, 0.05) is 24.6 Å². The van der Waals surface area contributed by atoms with Crippen LogP contribution in [-0.4, -0.2) is 11.5 Å². The average Bonchev–Trinajstić information content (AvgIpc) is 2.08. The first-order valence-electron chi connectivity index (χ1n) is 4.48. The molecule has 0 aliphatic carbocycles. The van der Waals surface area contributed by atoms with Gasteiger partial charge in [-0.3, -0.25) is 4.98 Å². The van der Waals surface area contributed by atoms with E-state index >= 15 is 0 Å². The normalized spacial score (nSPS) is 9.46. The molecule has 0 fully saturated rings. The number of nitrogens with zero attached hydrogens (tertiary/aromatic N) is 1. The minimum absolute atomic E-state index is 0.882. The van der Waals surface area contributed by atoms with Crippen LogP contribution in [0, 0.1) is 6.92 Å². The zero-order chi connectivity index (χ0) is 9.68. The van der Waals surface area contributed by atoms with Gasteiger partial charge in [0.15, 0.2) is 0 Å². The molecule has 0 bridgehead atoms. The minimum Gasteiger partial charge on any atom is -0.381 e. The van der Waals surface area contributed by atoms with E-state index in [0.717, 1.165) is 12.2 Å². The monoisotopic (exact) mass is 176 g/mol. The summed E-state index contributed by atoms with van der Waals surface area (Å²) in [5.41, 5.74) is 3.68. The van der Waals surface area contributed by atoms with Crippen LogP contribution < -0.4 is 5.32 Å². The van der Waals surface area contributed by atoms with E-state index in [1.165, 1.54) is 11.1 Å². The fourth-order valence-corrected chi connectivity index (χ4v) is 1.04. The van der Waals surface area contributed by atoms with Crippen molar-refractivity contribution >= 4 is 5.69 Å². The summed E-state index contributed by atoms with van der Waals surface area (Å²) < 4.78 is 0. The number of nitrogens with one attached hydrogen (secondary N) is 1. The van der Waals surface area contributed by atoms with Crippen LogP contribution in [-0.2, 0) is 0 Å². The lowest BCUT2D eigenvalue weighted by molar-refractivity contribution is 1.21. The highest BCUT2D eigenvalue weighted by molar-refractivity contribution is 5.48. The standard InChI is InChI=1S/C11H16N2/c1-9(2)4-7-13-11-5-6-12-8-10(11)3/h4-6,8H,7H2,1-3H3,(H,12,13). The Morgan fingerprint density at radius 1 is 1.54 bits per heavy atom. The molecule has 1 N–H and O–H groups in total. The van der Waals surface area contributed by atoms with Crippen molar-refractivity contribution in [2.24, 2.45) is 0 Å². The molecular weight excluding hydrogens is 160 g/mol. The van der Waals surface area contributed by atoms with Gasteiger partial charge < -0.3 is 5.32 Å². The molecule has 0 unspecified atom stereocenters. The second kappa shape index (κ2) is 4.65. The van der Waals surface area contributed by atoms with Gasteiger partial charge in [-0.15, -0.1) is 0 Å². The van der Waals surface area contributed by atoms with Gasteiger partial charge in [-0.05, 0) is 32.4 Å². The summed E-state index contributed by atoms with van der Waals surface area (Å²) >= 11 is 0. The summed E-state index contributed by atoms with van der Waals surface area (Å²) in [6, 6.07) is 1.99. The summed E-state index contributed by atoms with van der Waals surface area (Å²) in [5, 5.41) is 3.33. The molecule has 1 heterocycles. The van der Waals surface area contributed by atoms with Gasteiger partial charge in [-0.1, -0.05) is 11.6 Å². The van der Waals surface area contributed by atoms with Gasteiger partial charge in [0.1, 0.15) is 0 Å². The second-order valence-electron chi connectivity index (χ2n) is 3.35. The maximum Gasteiger partial charge on any atom is 0.0403 e. The van der Waals surface area contributed by atoms with Crippen molar-refractivity contribution in [3.63, 3.8) is 0 Å². The molecule has 70 valence electrons. The molecule has 1 aromatic heterocycles. The number of rotatable bonds is 3. The Morgan fingerprint density at radius 3 is 2.92 bits per heavy atom. The summed E-state index contributed by atoms with van der Waals surface area (Å²) in [5.74, 6) is 0. The molecule has 2 heteroatoms. The van der Waals surface area contributed by atoms with Crippen molar-refractivity contribution in [3.05, 3.63) is 35.7 Å². The first kappa shape index (κ1) is 9.78. The maximum atomic E-state index is 4.03. The average molecular weight is 176 g/mol. The summed E-state index contributed by atoms with van der Waals surface area (Å²) in [7, 11) is 0. The lowest BCUT2D eigenvalue weighted by atomic mass is 10.2. The Hall–Kier alpha value is -1.31. The van der Waals surface area contributed by atoms with Crippen LogP contribution in [0.5, 0.6) is 0 Å². The van der Waals surface area contributed by atoms with E-state index < -0.39 is 0 Å². The largest absolute Gasteiger partial charge is 0.381 e. The third kappa shape index (κ3) is 3.28. The second-order valence-corrected chi connectivity index (χ2v) is 3.35. The Balaban J connectivity index is 2.55. The topological polar surface area (TPSA) is 24.9 Å². The van der Waals surface area contributed by atoms with E-state index in [1.807, 2.05) is 12.3 Å². The zero-order valence-electron chi connectivity index (χ0n) is 8.46. The molecule has 0 aliphatic heterocycles. The minimum atomic E-state index is 0.882. The lowest BCUT2D eigenvalue weighted by Crippen LogP contribution is -2.00. The Labute approximate surface area is 79.7 Å². The summed E-state index contributed by atoms with van der Waals surface area (Å²) in [6.45, 7) is 7.13. The highest BCUT2D eigenvalue weighted by atomic mass is 14.9. The van der Waals surface area contributed by atoms with Gasteiger partial charge in [-0.2, -0.15) is 0 Å². The van der Waals surface area contributed by atoms with Crippen molar-refractivity contribution in [2.75, 3.05) is 11.9 Å². The van der Waals surface area contributed by atoms with Crippen molar-refractivity contribution in [1.29, 1.82) is 0 Å². The predicted molar refractivity (Wildman–Crippen MR) is 56.9 cm³/mol. The molecule has 0 spiro atoms. The molecule has 0 radical (unpaired) electrons. The molecule has 1 rings (SSSR count).